The Morgan fingerprint density at radius 1 is 0.863 bits per heavy atom. The van der Waals surface area contributed by atoms with Gasteiger partial charge in [0.2, 0.25) is 41.4 Å². The van der Waals surface area contributed by atoms with E-state index < -0.39 is 59.4 Å². The third kappa shape index (κ3) is 13.9. The number of nitrogens with zero attached hydrogens (tertiary/aromatic N) is 3. The number of carbonyl (C=O) groups is 8. The molecule has 0 spiro atoms. The first kappa shape index (κ1) is 59.8. The highest BCUT2D eigenvalue weighted by Gasteiger charge is 2.38. The topological polar surface area (TPSA) is 283 Å². The SMILES string of the molecule is CC.COCCOCNC(=O)CNC(=O)[C@H](Cc1ccccc1)NC(=O)CNC(=O)CNC(=O)CCc1ccc(N2C(=O)CC(S)C2=O)cc1.Cc1c(F)cc2nc3c(c4c2c1CCC4C)Cn1c-3cc2c(c1=O)COC(=O)C2O. The van der Waals surface area contributed by atoms with Crippen LogP contribution in [0.15, 0.2) is 71.5 Å². The molecule has 5 heterocycles. The van der Waals surface area contributed by atoms with Gasteiger partial charge in [0, 0.05) is 49.0 Å². The summed E-state index contributed by atoms with van der Waals surface area (Å²) >= 11 is 4.12. The largest absolute Gasteiger partial charge is 0.458 e. The number of hydrogen-bond acceptors (Lipinski definition) is 15. The van der Waals surface area contributed by atoms with Gasteiger partial charge in [0.05, 0.1) is 72.8 Å². The van der Waals surface area contributed by atoms with E-state index in [1.807, 2.05) is 26.8 Å². The first-order chi connectivity index (χ1) is 38.4. The van der Waals surface area contributed by atoms with Crippen molar-refractivity contribution in [3.8, 4) is 11.4 Å². The molecule has 3 aliphatic heterocycles. The van der Waals surface area contributed by atoms with E-state index in [1.165, 1.54) is 13.2 Å². The number of pyridine rings is 2. The number of imide groups is 1. The van der Waals surface area contributed by atoms with Crippen molar-refractivity contribution in [2.24, 2.45) is 0 Å². The minimum absolute atomic E-state index is 0.0446. The zero-order chi connectivity index (χ0) is 57.8. The molecule has 80 heavy (non-hydrogen) atoms. The predicted molar refractivity (Wildman–Crippen MR) is 295 cm³/mol. The standard InChI is InChI=1S/C32H40N6O9S.C23H19FN2O4.C2H6/c1-46-13-14-47-20-36-28(41)18-35-31(44)24(15-22-5-3-2-4-6-22)37-29(42)19-34-27(40)17-33-26(39)12-9-21-7-10-23(11-8-21)38-30(43)16-25(48)32(38)45;1-9-3-4-11-10(2)15(24)6-16-19(11)18(9)13-7-26-17(20(13)25-16)5-12-14(22(26)28)8-30-23(29)21(12)27;1-2/h2-8,10-11,24-25,48H,9,12-20H2,1H3,(H,33,39)(H,34,40)(H,35,44)(H,36,41)(H,37,42);5-6,9,21,27H,3-4,7-8H2,1-2H3;1-2H3/t24-,25?;;/m0../s1. The van der Waals surface area contributed by atoms with Crippen LogP contribution in [-0.2, 0) is 85.0 Å². The van der Waals surface area contributed by atoms with E-state index in [0.29, 0.717) is 59.9 Å². The van der Waals surface area contributed by atoms with Gasteiger partial charge in [-0.15, -0.1) is 0 Å². The number of methoxy groups -OCH3 is 1. The highest BCUT2D eigenvalue weighted by Crippen LogP contribution is 2.45. The molecule has 0 bridgehead atoms. The molecule has 1 saturated heterocycles. The molecule has 7 amide bonds. The molecule has 1 fully saturated rings. The maximum atomic E-state index is 14.6. The number of amides is 7. The summed E-state index contributed by atoms with van der Waals surface area (Å²) in [5.74, 6) is -4.21. The Balaban J connectivity index is 0.000000245. The van der Waals surface area contributed by atoms with Crippen LogP contribution in [0.1, 0.15) is 96.6 Å². The number of fused-ring (bicyclic) bond motifs is 5. The van der Waals surface area contributed by atoms with E-state index in [9.17, 15) is 52.6 Å². The smallest absolute Gasteiger partial charge is 0.340 e. The Bertz CT molecular complexity index is 3250. The lowest BCUT2D eigenvalue weighted by Gasteiger charge is -2.26. The molecule has 5 aromatic rings. The number of ether oxygens (including phenoxy) is 3. The number of thiol groups is 1. The van der Waals surface area contributed by atoms with Crippen LogP contribution in [-0.4, -0.2) is 120 Å². The second-order valence-electron chi connectivity index (χ2n) is 19.2. The molecule has 21 nitrogen and oxygen atoms in total. The highest BCUT2D eigenvalue weighted by atomic mass is 32.1. The number of aliphatic hydroxyl groups is 1. The van der Waals surface area contributed by atoms with Crippen LogP contribution in [0.25, 0.3) is 22.3 Å². The monoisotopic (exact) mass is 1120 g/mol. The van der Waals surface area contributed by atoms with Crippen molar-refractivity contribution in [3.63, 3.8) is 0 Å². The van der Waals surface area contributed by atoms with Gasteiger partial charge >= 0.3 is 5.97 Å². The number of halogens is 1. The van der Waals surface area contributed by atoms with Crippen molar-refractivity contribution in [1.29, 1.82) is 0 Å². The molecule has 0 saturated carbocycles. The average molecular weight is 1120 g/mol. The quantitative estimate of drug-likeness (QED) is 0.0202. The van der Waals surface area contributed by atoms with Gasteiger partial charge in [0.15, 0.2) is 6.10 Å². The van der Waals surface area contributed by atoms with Gasteiger partial charge in [-0.1, -0.05) is 63.2 Å². The molecule has 9 rings (SSSR count). The van der Waals surface area contributed by atoms with Crippen molar-refractivity contribution in [1.82, 2.24) is 36.1 Å². The molecule has 2 aromatic heterocycles. The van der Waals surface area contributed by atoms with Gasteiger partial charge in [-0.05, 0) is 78.1 Å². The number of aryl methyl sites for hydroxylation is 2. The minimum atomic E-state index is -1.49. The third-order valence-electron chi connectivity index (χ3n) is 13.9. The molecule has 23 heteroatoms. The van der Waals surface area contributed by atoms with Crippen LogP contribution in [0.3, 0.4) is 0 Å². The summed E-state index contributed by atoms with van der Waals surface area (Å²) in [7, 11) is 1.52. The fourth-order valence-electron chi connectivity index (χ4n) is 9.80. The number of carbonyl (C=O) groups excluding carboxylic acids is 8. The predicted octanol–water partition coefficient (Wildman–Crippen LogP) is 3.03. The summed E-state index contributed by atoms with van der Waals surface area (Å²) in [5, 5.41) is 23.1. The van der Waals surface area contributed by atoms with E-state index in [0.717, 1.165) is 50.9 Å². The Hall–Kier alpha value is -7.86. The van der Waals surface area contributed by atoms with Crippen LogP contribution in [0.4, 0.5) is 10.1 Å². The van der Waals surface area contributed by atoms with Crippen molar-refractivity contribution in [2.45, 2.75) is 103 Å². The molecule has 3 unspecified atom stereocenters. The van der Waals surface area contributed by atoms with Gasteiger partial charge in [0.1, 0.15) is 25.2 Å². The van der Waals surface area contributed by atoms with Crippen LogP contribution in [0, 0.1) is 12.7 Å². The molecule has 0 radical (unpaired) electrons. The third-order valence-corrected chi connectivity index (χ3v) is 14.3. The molecular weight excluding hydrogens is 1060 g/mol. The normalized spacial score (nSPS) is 16.8. The Kier molecular flexibility index (Phi) is 20.4. The fourth-order valence-corrected chi connectivity index (χ4v) is 10.1. The first-order valence-corrected chi connectivity index (χ1v) is 26.8. The van der Waals surface area contributed by atoms with E-state index in [4.69, 9.17) is 19.2 Å². The average Bonchev–Trinajstić information content (AvgIpc) is 4.17. The molecule has 4 atom stereocenters. The summed E-state index contributed by atoms with van der Waals surface area (Å²) < 4.78 is 31.2. The number of anilines is 1. The highest BCUT2D eigenvalue weighted by molar-refractivity contribution is 7.82. The van der Waals surface area contributed by atoms with Crippen LogP contribution in [0.5, 0.6) is 0 Å². The van der Waals surface area contributed by atoms with Gasteiger partial charge < -0.3 is 50.5 Å². The Morgan fingerprint density at radius 2 is 1.55 bits per heavy atom. The van der Waals surface area contributed by atoms with Crippen LogP contribution in [0.2, 0.25) is 0 Å². The molecule has 1 aliphatic carbocycles. The maximum Gasteiger partial charge on any atom is 0.340 e. The molecular formula is C57H65FN8O13S. The zero-order valence-corrected chi connectivity index (χ0v) is 46.0. The lowest BCUT2D eigenvalue weighted by Crippen LogP contribution is -2.52. The Labute approximate surface area is 466 Å². The van der Waals surface area contributed by atoms with Gasteiger partial charge in [-0.2, -0.15) is 12.6 Å². The van der Waals surface area contributed by atoms with Crippen molar-refractivity contribution in [3.05, 3.63) is 127 Å². The van der Waals surface area contributed by atoms with Crippen LogP contribution < -0.4 is 37.0 Å². The van der Waals surface area contributed by atoms with Crippen LogP contribution >= 0.6 is 12.6 Å². The number of aromatic nitrogens is 2. The molecule has 424 valence electrons. The van der Waals surface area contributed by atoms with Crippen molar-refractivity contribution >= 4 is 76.5 Å². The summed E-state index contributed by atoms with van der Waals surface area (Å²) in [4.78, 5) is 117. The lowest BCUT2D eigenvalue weighted by atomic mass is 9.79. The van der Waals surface area contributed by atoms with Gasteiger partial charge in [-0.25, -0.2) is 19.1 Å². The number of benzene rings is 3. The summed E-state index contributed by atoms with van der Waals surface area (Å²) in [6.07, 6.45) is 0.832. The second-order valence-corrected chi connectivity index (χ2v) is 19.8. The molecule has 4 aliphatic rings. The summed E-state index contributed by atoms with van der Waals surface area (Å²) in [6, 6.07) is 17.7. The van der Waals surface area contributed by atoms with Gasteiger partial charge in [-0.3, -0.25) is 38.4 Å². The Morgan fingerprint density at radius 3 is 2.25 bits per heavy atom. The zero-order valence-electron chi connectivity index (χ0n) is 45.1. The number of hydrogen-bond donors (Lipinski definition) is 7. The molecule has 3 aromatic carbocycles. The number of aliphatic hydroxyl groups excluding tert-OH is 1. The number of esters is 1. The molecule has 6 N–H and O–H groups in total. The summed E-state index contributed by atoms with van der Waals surface area (Å²) in [5.41, 5.74) is 7.83. The fraction of sp³-hybridized carbons (Fsp3) is 0.404. The number of rotatable bonds is 19. The van der Waals surface area contributed by atoms with E-state index in [-0.39, 0.29) is 80.4 Å². The number of nitrogens with one attached hydrogen (secondary N) is 5. The first-order valence-electron chi connectivity index (χ1n) is 26.3. The van der Waals surface area contributed by atoms with Crippen molar-refractivity contribution in [2.75, 3.05) is 51.6 Å². The second kappa shape index (κ2) is 27.3. The summed E-state index contributed by atoms with van der Waals surface area (Å²) in [6.45, 7) is 7.64. The lowest BCUT2D eigenvalue weighted by molar-refractivity contribution is -0.157. The van der Waals surface area contributed by atoms with Gasteiger partial charge in [0.25, 0.3) is 5.56 Å². The van der Waals surface area contributed by atoms with E-state index in [2.05, 4.69) is 46.1 Å². The van der Waals surface area contributed by atoms with Crippen molar-refractivity contribution < 1.29 is 62.1 Å². The number of cyclic esters (lactones) is 1. The van der Waals surface area contributed by atoms with E-state index in [1.54, 1.807) is 59.2 Å². The minimum Gasteiger partial charge on any atom is -0.458 e. The maximum absolute atomic E-state index is 14.6. The van der Waals surface area contributed by atoms with E-state index >= 15 is 0 Å².